The Hall–Kier alpha value is -3.11. The first-order valence-corrected chi connectivity index (χ1v) is 12.8. The Morgan fingerprint density at radius 1 is 1.11 bits per heavy atom. The summed E-state index contributed by atoms with van der Waals surface area (Å²) in [6.07, 6.45) is 3.07. The van der Waals surface area contributed by atoms with Gasteiger partial charge in [-0.2, -0.15) is 0 Å². The molecule has 36 heavy (non-hydrogen) atoms. The van der Waals surface area contributed by atoms with Crippen molar-refractivity contribution in [2.75, 3.05) is 46.2 Å². The number of morpholine rings is 1. The van der Waals surface area contributed by atoms with Crippen LogP contribution in [0.4, 0.5) is 0 Å². The number of pyridine rings is 1. The number of carbonyl (C=O) groups is 2. The summed E-state index contributed by atoms with van der Waals surface area (Å²) in [7, 11) is 0. The van der Waals surface area contributed by atoms with E-state index in [1.165, 1.54) is 0 Å². The largest absolute Gasteiger partial charge is 0.454 e. The van der Waals surface area contributed by atoms with Crippen LogP contribution in [0, 0.1) is 5.92 Å². The van der Waals surface area contributed by atoms with Crippen molar-refractivity contribution in [3.05, 3.63) is 34.1 Å². The topological polar surface area (TPSA) is 111 Å². The first-order chi connectivity index (χ1) is 17.4. The molecule has 2 amide bonds. The second-order valence-corrected chi connectivity index (χ2v) is 9.32. The average Bonchev–Trinajstić information content (AvgIpc) is 3.36. The van der Waals surface area contributed by atoms with Gasteiger partial charge in [0.05, 0.1) is 24.1 Å². The highest BCUT2D eigenvalue weighted by atomic mass is 16.7. The number of ether oxygens (including phenoxy) is 3. The summed E-state index contributed by atoms with van der Waals surface area (Å²) in [6.45, 7) is 11.2. The lowest BCUT2D eigenvalue weighted by atomic mass is 9.97. The maximum Gasteiger partial charge on any atom is 0.257 e. The van der Waals surface area contributed by atoms with Gasteiger partial charge < -0.3 is 29.4 Å². The summed E-state index contributed by atoms with van der Waals surface area (Å²) >= 11 is 0. The van der Waals surface area contributed by atoms with Crippen LogP contribution in [0.5, 0.6) is 11.5 Å². The zero-order valence-electron chi connectivity index (χ0n) is 21.3. The Morgan fingerprint density at radius 2 is 1.83 bits per heavy atom. The quantitative estimate of drug-likeness (QED) is 0.478. The molecule has 0 spiro atoms. The minimum Gasteiger partial charge on any atom is -0.454 e. The maximum atomic E-state index is 13.3. The third-order valence-electron chi connectivity index (χ3n) is 7.00. The van der Waals surface area contributed by atoms with Gasteiger partial charge in [0.1, 0.15) is 11.6 Å². The van der Waals surface area contributed by atoms with Gasteiger partial charge in [0.25, 0.3) is 5.91 Å². The average molecular weight is 501 g/mol. The van der Waals surface area contributed by atoms with Crippen molar-refractivity contribution >= 4 is 22.7 Å². The van der Waals surface area contributed by atoms with E-state index in [4.69, 9.17) is 14.2 Å². The lowest BCUT2D eigenvalue weighted by Crippen LogP contribution is -2.51. The van der Waals surface area contributed by atoms with E-state index >= 15 is 0 Å². The van der Waals surface area contributed by atoms with Gasteiger partial charge in [-0.05, 0) is 31.9 Å². The van der Waals surface area contributed by atoms with E-state index in [-0.39, 0.29) is 24.2 Å². The molecule has 0 saturated carbocycles. The van der Waals surface area contributed by atoms with Crippen molar-refractivity contribution in [3.63, 3.8) is 0 Å². The van der Waals surface area contributed by atoms with Crippen LogP contribution in [0.3, 0.4) is 0 Å². The van der Waals surface area contributed by atoms with Crippen LogP contribution >= 0.6 is 0 Å². The Labute approximate surface area is 210 Å². The Bertz CT molecular complexity index is 1160. The number of benzene rings is 1. The standard InChI is InChI=1S/C26H36N4O6/c1-4-17(3)23(26(33)27-7-6-8-29-9-11-34-12-10-29)28-25(32)19-15-30(5-2)20-14-22-21(35-16-36-22)13-18(20)24(19)31/h13-15,17,23H,4-12,16H2,1-3H3,(H,27,33)(H,28,32)/t17-,23-/m0/s1. The van der Waals surface area contributed by atoms with Gasteiger partial charge in [0.15, 0.2) is 11.5 Å². The number of rotatable bonds is 10. The van der Waals surface area contributed by atoms with Crippen LogP contribution in [0.15, 0.2) is 23.1 Å². The second-order valence-electron chi connectivity index (χ2n) is 9.32. The van der Waals surface area contributed by atoms with Crippen LogP contribution < -0.4 is 25.5 Å². The lowest BCUT2D eigenvalue weighted by molar-refractivity contribution is -0.124. The molecule has 0 unspecified atom stereocenters. The molecule has 196 valence electrons. The van der Waals surface area contributed by atoms with Gasteiger partial charge >= 0.3 is 0 Å². The van der Waals surface area contributed by atoms with Crippen molar-refractivity contribution in [1.29, 1.82) is 0 Å². The number of fused-ring (bicyclic) bond motifs is 2. The van der Waals surface area contributed by atoms with Gasteiger partial charge in [-0.15, -0.1) is 0 Å². The van der Waals surface area contributed by atoms with Crippen LogP contribution in [0.25, 0.3) is 10.9 Å². The van der Waals surface area contributed by atoms with Crippen molar-refractivity contribution in [1.82, 2.24) is 20.1 Å². The van der Waals surface area contributed by atoms with Crippen molar-refractivity contribution < 1.29 is 23.8 Å². The zero-order valence-corrected chi connectivity index (χ0v) is 21.3. The Morgan fingerprint density at radius 3 is 2.53 bits per heavy atom. The number of aromatic nitrogens is 1. The Kier molecular flexibility index (Phi) is 8.48. The molecular weight excluding hydrogens is 464 g/mol. The molecular formula is C26H36N4O6. The second kappa shape index (κ2) is 11.7. The highest BCUT2D eigenvalue weighted by molar-refractivity contribution is 6.00. The minimum atomic E-state index is -0.743. The molecule has 0 aliphatic carbocycles. The molecule has 2 aliphatic heterocycles. The fraction of sp³-hybridized carbons (Fsp3) is 0.577. The smallest absolute Gasteiger partial charge is 0.257 e. The molecule has 10 heteroatoms. The van der Waals surface area contributed by atoms with Gasteiger partial charge in [-0.3, -0.25) is 19.3 Å². The van der Waals surface area contributed by atoms with Gasteiger partial charge in [-0.1, -0.05) is 20.3 Å². The molecule has 2 atom stereocenters. The van der Waals surface area contributed by atoms with E-state index < -0.39 is 17.4 Å². The molecule has 1 fully saturated rings. The summed E-state index contributed by atoms with van der Waals surface area (Å²) in [5.41, 5.74) is 0.260. The summed E-state index contributed by atoms with van der Waals surface area (Å²) in [6, 6.07) is 2.64. The summed E-state index contributed by atoms with van der Waals surface area (Å²) in [5.74, 6) is 0.156. The summed E-state index contributed by atoms with van der Waals surface area (Å²) < 4.78 is 18.1. The number of carbonyl (C=O) groups excluding carboxylic acids is 2. The molecule has 0 radical (unpaired) electrons. The summed E-state index contributed by atoms with van der Waals surface area (Å²) in [4.78, 5) is 42.0. The van der Waals surface area contributed by atoms with E-state index in [2.05, 4.69) is 15.5 Å². The lowest BCUT2D eigenvalue weighted by Gasteiger charge is -2.27. The first-order valence-electron chi connectivity index (χ1n) is 12.8. The molecule has 3 heterocycles. The normalized spacial score (nSPS) is 17.1. The summed E-state index contributed by atoms with van der Waals surface area (Å²) in [5, 5.41) is 6.18. The molecule has 2 aliphatic rings. The third-order valence-corrected chi connectivity index (χ3v) is 7.00. The molecule has 4 rings (SSSR count). The van der Waals surface area contributed by atoms with Crippen molar-refractivity contribution in [2.24, 2.45) is 5.92 Å². The molecule has 0 bridgehead atoms. The maximum absolute atomic E-state index is 13.3. The number of amides is 2. The van der Waals surface area contributed by atoms with Crippen LogP contribution in [-0.2, 0) is 16.1 Å². The molecule has 1 aromatic carbocycles. The first kappa shape index (κ1) is 26.0. The predicted molar refractivity (Wildman–Crippen MR) is 136 cm³/mol. The van der Waals surface area contributed by atoms with E-state index in [9.17, 15) is 14.4 Å². The molecule has 1 aromatic heterocycles. The number of aryl methyl sites for hydroxylation is 1. The highest BCUT2D eigenvalue weighted by Gasteiger charge is 2.28. The third kappa shape index (κ3) is 5.65. The fourth-order valence-corrected chi connectivity index (χ4v) is 4.57. The van der Waals surface area contributed by atoms with Gasteiger partial charge in [0, 0.05) is 38.4 Å². The van der Waals surface area contributed by atoms with E-state index in [0.717, 1.165) is 39.3 Å². The Balaban J connectivity index is 1.48. The monoisotopic (exact) mass is 500 g/mol. The fourth-order valence-electron chi connectivity index (χ4n) is 4.57. The van der Waals surface area contributed by atoms with Crippen molar-refractivity contribution in [2.45, 2.75) is 46.2 Å². The number of nitrogens with one attached hydrogen (secondary N) is 2. The van der Waals surface area contributed by atoms with Crippen LogP contribution in [0.2, 0.25) is 0 Å². The van der Waals surface area contributed by atoms with Gasteiger partial charge in [0.2, 0.25) is 18.1 Å². The van der Waals surface area contributed by atoms with Crippen molar-refractivity contribution in [3.8, 4) is 11.5 Å². The SMILES string of the molecule is CC[C@H](C)[C@H](NC(=O)c1cn(CC)c2cc3c(cc2c1=O)OCO3)C(=O)NCCCN1CCOCC1. The van der Waals surface area contributed by atoms with Crippen LogP contribution in [-0.4, -0.2) is 73.5 Å². The molecule has 2 N–H and O–H groups in total. The number of nitrogens with zero attached hydrogens (tertiary/aromatic N) is 2. The molecule has 2 aromatic rings. The zero-order chi connectivity index (χ0) is 25.7. The molecule has 1 saturated heterocycles. The predicted octanol–water partition coefficient (Wildman–Crippen LogP) is 1.73. The highest BCUT2D eigenvalue weighted by Crippen LogP contribution is 2.35. The van der Waals surface area contributed by atoms with Gasteiger partial charge in [-0.25, -0.2) is 0 Å². The molecule has 10 nitrogen and oxygen atoms in total. The van der Waals surface area contributed by atoms with Crippen LogP contribution in [0.1, 0.15) is 44.0 Å². The van der Waals surface area contributed by atoms with E-state index in [1.807, 2.05) is 25.3 Å². The van der Waals surface area contributed by atoms with E-state index in [1.54, 1.807) is 18.3 Å². The minimum absolute atomic E-state index is 0.00312. The van der Waals surface area contributed by atoms with E-state index in [0.29, 0.717) is 41.9 Å². The number of hydrogen-bond acceptors (Lipinski definition) is 7. The number of hydrogen-bond donors (Lipinski definition) is 2.